The van der Waals surface area contributed by atoms with Gasteiger partial charge in [0.25, 0.3) is 0 Å². The Morgan fingerprint density at radius 2 is 1.79 bits per heavy atom. The fourth-order valence-corrected chi connectivity index (χ4v) is 1.61. The lowest BCUT2D eigenvalue weighted by Crippen LogP contribution is -2.45. The summed E-state index contributed by atoms with van der Waals surface area (Å²) < 4.78 is 0. The molecule has 0 saturated carbocycles. The summed E-state index contributed by atoms with van der Waals surface area (Å²) in [5, 5.41) is 17.4. The standard InChI is InChI=1S/C12H25N3O4/c13-8-4-3-6-10(12(18)19)15-14-9-5-1-2-7-11(16)17/h10,14-15H,1-9,13H2,(H,16,17)(H,18,19)/t10-/m0/s1. The van der Waals surface area contributed by atoms with Gasteiger partial charge in [-0.2, -0.15) is 0 Å². The van der Waals surface area contributed by atoms with Gasteiger partial charge in [-0.3, -0.25) is 15.0 Å². The normalized spacial score (nSPS) is 12.3. The summed E-state index contributed by atoms with van der Waals surface area (Å²) in [5.41, 5.74) is 11.0. The van der Waals surface area contributed by atoms with Crippen molar-refractivity contribution in [1.29, 1.82) is 0 Å². The largest absolute Gasteiger partial charge is 0.481 e. The second kappa shape index (κ2) is 11.9. The zero-order valence-electron chi connectivity index (χ0n) is 11.2. The number of carbonyl (C=O) groups is 2. The van der Waals surface area contributed by atoms with Gasteiger partial charge in [-0.15, -0.1) is 0 Å². The molecule has 0 aliphatic heterocycles. The Morgan fingerprint density at radius 1 is 1.05 bits per heavy atom. The Labute approximate surface area is 113 Å². The first-order chi connectivity index (χ1) is 9.07. The van der Waals surface area contributed by atoms with Crippen LogP contribution >= 0.6 is 0 Å². The van der Waals surface area contributed by atoms with Crippen molar-refractivity contribution < 1.29 is 19.8 Å². The minimum Gasteiger partial charge on any atom is -0.481 e. The summed E-state index contributed by atoms with van der Waals surface area (Å²) in [6.07, 6.45) is 4.60. The van der Waals surface area contributed by atoms with E-state index in [0.717, 1.165) is 25.7 Å². The lowest BCUT2D eigenvalue weighted by Gasteiger charge is -2.15. The molecule has 0 unspecified atom stereocenters. The number of aliphatic carboxylic acids is 2. The molecule has 6 N–H and O–H groups in total. The molecule has 0 aromatic carbocycles. The van der Waals surface area contributed by atoms with E-state index in [4.69, 9.17) is 15.9 Å². The molecule has 0 bridgehead atoms. The van der Waals surface area contributed by atoms with E-state index < -0.39 is 18.0 Å². The van der Waals surface area contributed by atoms with Crippen LogP contribution in [0.25, 0.3) is 0 Å². The van der Waals surface area contributed by atoms with Crippen LogP contribution in [0.1, 0.15) is 44.9 Å². The SMILES string of the molecule is NCCCC[C@H](NNCCCCCC(=O)O)C(=O)O. The first-order valence-corrected chi connectivity index (χ1v) is 6.71. The zero-order valence-corrected chi connectivity index (χ0v) is 11.2. The molecule has 7 heteroatoms. The fourth-order valence-electron chi connectivity index (χ4n) is 1.61. The summed E-state index contributed by atoms with van der Waals surface area (Å²) in [5.74, 6) is -1.66. The van der Waals surface area contributed by atoms with E-state index in [9.17, 15) is 9.59 Å². The average molecular weight is 275 g/mol. The Kier molecular flexibility index (Phi) is 11.1. The molecule has 1 atom stereocenters. The van der Waals surface area contributed by atoms with Crippen molar-refractivity contribution in [2.24, 2.45) is 5.73 Å². The number of unbranched alkanes of at least 4 members (excludes halogenated alkanes) is 3. The lowest BCUT2D eigenvalue weighted by atomic mass is 10.1. The predicted molar refractivity (Wildman–Crippen MR) is 71.6 cm³/mol. The Balaban J connectivity index is 3.53. The van der Waals surface area contributed by atoms with Crippen LogP contribution < -0.4 is 16.6 Å². The van der Waals surface area contributed by atoms with Crippen molar-refractivity contribution in [1.82, 2.24) is 10.9 Å². The van der Waals surface area contributed by atoms with Crippen molar-refractivity contribution in [3.05, 3.63) is 0 Å². The van der Waals surface area contributed by atoms with Gasteiger partial charge in [-0.25, -0.2) is 5.43 Å². The molecule has 112 valence electrons. The van der Waals surface area contributed by atoms with Crippen LogP contribution in [-0.2, 0) is 9.59 Å². The number of nitrogens with two attached hydrogens (primary N) is 1. The maximum Gasteiger partial charge on any atom is 0.322 e. The van der Waals surface area contributed by atoms with Gasteiger partial charge in [0, 0.05) is 13.0 Å². The molecule has 0 aromatic heterocycles. The smallest absolute Gasteiger partial charge is 0.322 e. The number of hydrazine groups is 1. The number of hydrogen-bond acceptors (Lipinski definition) is 5. The summed E-state index contributed by atoms with van der Waals surface area (Å²) in [6.45, 7) is 1.20. The van der Waals surface area contributed by atoms with Gasteiger partial charge >= 0.3 is 11.9 Å². The summed E-state index contributed by atoms with van der Waals surface area (Å²) in [6, 6.07) is -0.606. The lowest BCUT2D eigenvalue weighted by molar-refractivity contribution is -0.140. The fraction of sp³-hybridized carbons (Fsp3) is 0.833. The highest BCUT2D eigenvalue weighted by molar-refractivity contribution is 5.73. The van der Waals surface area contributed by atoms with E-state index in [2.05, 4.69) is 10.9 Å². The van der Waals surface area contributed by atoms with E-state index >= 15 is 0 Å². The number of carboxylic acids is 2. The number of carboxylic acid groups (broad SMARTS) is 2. The minimum absolute atomic E-state index is 0.185. The average Bonchev–Trinajstić information content (AvgIpc) is 2.34. The van der Waals surface area contributed by atoms with Crippen molar-refractivity contribution in [3.8, 4) is 0 Å². The van der Waals surface area contributed by atoms with Gasteiger partial charge in [-0.1, -0.05) is 6.42 Å². The Morgan fingerprint density at radius 3 is 2.37 bits per heavy atom. The molecule has 0 aromatic rings. The van der Waals surface area contributed by atoms with E-state index in [-0.39, 0.29) is 6.42 Å². The van der Waals surface area contributed by atoms with Crippen LogP contribution in [-0.4, -0.2) is 41.3 Å². The second-order valence-corrected chi connectivity index (χ2v) is 4.45. The maximum absolute atomic E-state index is 10.9. The number of hydrogen-bond donors (Lipinski definition) is 5. The monoisotopic (exact) mass is 275 g/mol. The number of rotatable bonds is 13. The van der Waals surface area contributed by atoms with E-state index in [1.54, 1.807) is 0 Å². The molecule has 0 fully saturated rings. The first kappa shape index (κ1) is 17.8. The summed E-state index contributed by atoms with van der Waals surface area (Å²) in [4.78, 5) is 21.2. The highest BCUT2D eigenvalue weighted by Gasteiger charge is 2.15. The van der Waals surface area contributed by atoms with Crippen molar-refractivity contribution in [2.75, 3.05) is 13.1 Å². The quantitative estimate of drug-likeness (QED) is 0.242. The molecule has 0 aliphatic carbocycles. The van der Waals surface area contributed by atoms with Crippen LogP contribution in [0.4, 0.5) is 0 Å². The topological polar surface area (TPSA) is 125 Å². The zero-order chi connectivity index (χ0) is 14.5. The molecule has 0 spiro atoms. The van der Waals surface area contributed by atoms with Gasteiger partial charge < -0.3 is 15.9 Å². The van der Waals surface area contributed by atoms with Crippen molar-refractivity contribution >= 4 is 11.9 Å². The maximum atomic E-state index is 10.9. The molecule has 0 aliphatic rings. The molecular weight excluding hydrogens is 250 g/mol. The first-order valence-electron chi connectivity index (χ1n) is 6.71. The van der Waals surface area contributed by atoms with Gasteiger partial charge in [0.15, 0.2) is 0 Å². The van der Waals surface area contributed by atoms with Crippen LogP contribution in [0.3, 0.4) is 0 Å². The third-order valence-electron chi connectivity index (χ3n) is 2.71. The molecule has 0 saturated heterocycles. The number of nitrogens with one attached hydrogen (secondary N) is 2. The van der Waals surface area contributed by atoms with E-state index in [1.165, 1.54) is 0 Å². The summed E-state index contributed by atoms with van der Waals surface area (Å²) in [7, 11) is 0. The third kappa shape index (κ3) is 11.6. The van der Waals surface area contributed by atoms with Gasteiger partial charge in [-0.05, 0) is 38.6 Å². The highest BCUT2D eigenvalue weighted by atomic mass is 16.4. The van der Waals surface area contributed by atoms with Gasteiger partial charge in [0.1, 0.15) is 6.04 Å². The minimum atomic E-state index is -0.879. The van der Waals surface area contributed by atoms with Gasteiger partial charge in [0.2, 0.25) is 0 Å². The molecule has 0 radical (unpaired) electrons. The molecule has 0 amide bonds. The molecule has 0 rings (SSSR count). The van der Waals surface area contributed by atoms with Crippen LogP contribution in [0.15, 0.2) is 0 Å². The Bertz CT molecular complexity index is 261. The second-order valence-electron chi connectivity index (χ2n) is 4.45. The van der Waals surface area contributed by atoms with Crippen molar-refractivity contribution in [3.63, 3.8) is 0 Å². The van der Waals surface area contributed by atoms with Crippen LogP contribution in [0.5, 0.6) is 0 Å². The van der Waals surface area contributed by atoms with Crippen LogP contribution in [0.2, 0.25) is 0 Å². The molecular formula is C12H25N3O4. The van der Waals surface area contributed by atoms with Gasteiger partial charge in [0.05, 0.1) is 0 Å². The molecule has 0 heterocycles. The van der Waals surface area contributed by atoms with Crippen molar-refractivity contribution in [2.45, 2.75) is 51.0 Å². The summed E-state index contributed by atoms with van der Waals surface area (Å²) >= 11 is 0. The predicted octanol–water partition coefficient (Wildman–Crippen LogP) is 0.308. The third-order valence-corrected chi connectivity index (χ3v) is 2.71. The Hall–Kier alpha value is -1.18. The van der Waals surface area contributed by atoms with E-state index in [1.807, 2.05) is 0 Å². The molecule has 19 heavy (non-hydrogen) atoms. The molecule has 7 nitrogen and oxygen atoms in total. The van der Waals surface area contributed by atoms with Crippen LogP contribution in [0, 0.1) is 0 Å². The highest BCUT2D eigenvalue weighted by Crippen LogP contribution is 2.00. The van der Waals surface area contributed by atoms with E-state index in [0.29, 0.717) is 25.9 Å².